The molecule has 2 N–H and O–H groups in total. The molecule has 2 heterocycles. The third-order valence-electron chi connectivity index (χ3n) is 3.77. The van der Waals surface area contributed by atoms with Crippen LogP contribution in [0.25, 0.3) is 0 Å². The van der Waals surface area contributed by atoms with Crippen LogP contribution in [0.4, 0.5) is 10.5 Å². The standard InChI is InChI=1S/C14H18N2O3/c1-9-8-19-13-7-11-3-5-16(14(17)18)4-2-10(11)6-12(13)15-9/h6-7,9,15H,2-5,8H2,1H3,(H,17,18)/t9-/m1/s1. The number of rotatable bonds is 0. The van der Waals surface area contributed by atoms with Gasteiger partial charge in [-0.1, -0.05) is 0 Å². The molecular formula is C14H18N2O3. The summed E-state index contributed by atoms with van der Waals surface area (Å²) in [6.07, 6.45) is 0.694. The van der Waals surface area contributed by atoms with Gasteiger partial charge in [0, 0.05) is 13.1 Å². The van der Waals surface area contributed by atoms with Crippen LogP contribution in [0.1, 0.15) is 18.1 Å². The molecule has 1 aromatic rings. The summed E-state index contributed by atoms with van der Waals surface area (Å²) in [6, 6.07) is 4.49. The molecule has 5 heteroatoms. The summed E-state index contributed by atoms with van der Waals surface area (Å²) in [5.74, 6) is 0.889. The molecule has 1 aromatic carbocycles. The molecule has 0 radical (unpaired) electrons. The van der Waals surface area contributed by atoms with E-state index in [1.807, 2.05) is 0 Å². The quantitative estimate of drug-likeness (QED) is 0.750. The van der Waals surface area contributed by atoms with Gasteiger partial charge in [-0.15, -0.1) is 0 Å². The van der Waals surface area contributed by atoms with Crippen LogP contribution < -0.4 is 10.1 Å². The summed E-state index contributed by atoms with van der Waals surface area (Å²) in [7, 11) is 0. The number of benzene rings is 1. The lowest BCUT2D eigenvalue weighted by molar-refractivity contribution is 0.147. The van der Waals surface area contributed by atoms with Crippen molar-refractivity contribution in [2.75, 3.05) is 25.0 Å². The van der Waals surface area contributed by atoms with Crippen molar-refractivity contribution in [1.82, 2.24) is 4.90 Å². The molecule has 0 bridgehead atoms. The first kappa shape index (κ1) is 12.1. The Bertz CT molecular complexity index is 516. The monoisotopic (exact) mass is 262 g/mol. The highest BCUT2D eigenvalue weighted by Crippen LogP contribution is 2.33. The van der Waals surface area contributed by atoms with Crippen LogP contribution in [0.15, 0.2) is 12.1 Å². The molecule has 19 heavy (non-hydrogen) atoms. The lowest BCUT2D eigenvalue weighted by atomic mass is 10.0. The number of carbonyl (C=O) groups is 1. The molecule has 3 rings (SSSR count). The Morgan fingerprint density at radius 3 is 2.74 bits per heavy atom. The van der Waals surface area contributed by atoms with Gasteiger partial charge in [-0.25, -0.2) is 4.79 Å². The average Bonchev–Trinajstić information content (AvgIpc) is 2.58. The summed E-state index contributed by atoms with van der Waals surface area (Å²) in [4.78, 5) is 12.5. The maximum absolute atomic E-state index is 11.0. The number of nitrogens with zero attached hydrogens (tertiary/aromatic N) is 1. The van der Waals surface area contributed by atoms with Crippen molar-refractivity contribution in [3.05, 3.63) is 23.3 Å². The Kier molecular flexibility index (Phi) is 2.97. The predicted octanol–water partition coefficient (Wildman–Crippen LogP) is 1.96. The minimum Gasteiger partial charge on any atom is -0.489 e. The Morgan fingerprint density at radius 2 is 2.05 bits per heavy atom. The predicted molar refractivity (Wildman–Crippen MR) is 72.0 cm³/mol. The smallest absolute Gasteiger partial charge is 0.407 e. The van der Waals surface area contributed by atoms with Crippen LogP contribution in [0.5, 0.6) is 5.75 Å². The number of anilines is 1. The number of ether oxygens (including phenoxy) is 1. The summed E-state index contributed by atoms with van der Waals surface area (Å²) < 4.78 is 5.72. The first-order chi connectivity index (χ1) is 9.13. The molecule has 0 saturated heterocycles. The van der Waals surface area contributed by atoms with Crippen molar-refractivity contribution in [3.8, 4) is 5.75 Å². The number of carboxylic acid groups (broad SMARTS) is 1. The number of amides is 1. The maximum atomic E-state index is 11.0. The fourth-order valence-corrected chi connectivity index (χ4v) is 2.70. The Hall–Kier alpha value is -1.91. The fourth-order valence-electron chi connectivity index (χ4n) is 2.70. The van der Waals surface area contributed by atoms with Crippen molar-refractivity contribution >= 4 is 11.8 Å². The molecule has 2 aliphatic rings. The van der Waals surface area contributed by atoms with Crippen molar-refractivity contribution in [2.45, 2.75) is 25.8 Å². The van der Waals surface area contributed by atoms with Crippen molar-refractivity contribution in [2.24, 2.45) is 0 Å². The molecule has 0 unspecified atom stereocenters. The van der Waals surface area contributed by atoms with E-state index in [9.17, 15) is 4.79 Å². The molecule has 0 spiro atoms. The highest BCUT2D eigenvalue weighted by atomic mass is 16.5. The summed E-state index contributed by atoms with van der Waals surface area (Å²) in [5, 5.41) is 12.5. The van der Waals surface area contributed by atoms with E-state index in [1.54, 1.807) is 0 Å². The van der Waals surface area contributed by atoms with Gasteiger partial charge in [-0.05, 0) is 43.0 Å². The molecule has 102 valence electrons. The van der Waals surface area contributed by atoms with Crippen LogP contribution in [-0.2, 0) is 12.8 Å². The molecule has 0 fully saturated rings. The van der Waals surface area contributed by atoms with Crippen molar-refractivity contribution < 1.29 is 14.6 Å². The van der Waals surface area contributed by atoms with Gasteiger partial charge in [0.1, 0.15) is 12.4 Å². The van der Waals surface area contributed by atoms with Gasteiger partial charge in [0.25, 0.3) is 0 Å². The summed E-state index contributed by atoms with van der Waals surface area (Å²) in [5.41, 5.74) is 3.47. The molecule has 5 nitrogen and oxygen atoms in total. The average molecular weight is 262 g/mol. The maximum Gasteiger partial charge on any atom is 0.407 e. The zero-order valence-corrected chi connectivity index (χ0v) is 11.0. The second-order valence-electron chi connectivity index (χ2n) is 5.24. The van der Waals surface area contributed by atoms with E-state index in [4.69, 9.17) is 9.84 Å². The minimum atomic E-state index is -0.833. The number of nitrogens with one attached hydrogen (secondary N) is 1. The second kappa shape index (κ2) is 4.64. The van der Waals surface area contributed by atoms with Crippen LogP contribution >= 0.6 is 0 Å². The van der Waals surface area contributed by atoms with E-state index in [0.717, 1.165) is 24.3 Å². The van der Waals surface area contributed by atoms with Crippen LogP contribution in [0.3, 0.4) is 0 Å². The zero-order valence-electron chi connectivity index (χ0n) is 11.0. The lowest BCUT2D eigenvalue weighted by Crippen LogP contribution is -2.31. The number of hydrogen-bond acceptors (Lipinski definition) is 3. The second-order valence-corrected chi connectivity index (χ2v) is 5.24. The number of hydrogen-bond donors (Lipinski definition) is 2. The molecule has 1 atom stereocenters. The van der Waals surface area contributed by atoms with Gasteiger partial charge in [-0.2, -0.15) is 0 Å². The minimum absolute atomic E-state index is 0.312. The topological polar surface area (TPSA) is 61.8 Å². The van der Waals surface area contributed by atoms with Crippen LogP contribution in [0.2, 0.25) is 0 Å². The SMILES string of the molecule is C[C@@H]1COc2cc3c(cc2N1)CCN(C(=O)O)CC3. The Balaban J connectivity index is 1.89. The zero-order chi connectivity index (χ0) is 13.4. The van der Waals surface area contributed by atoms with E-state index in [0.29, 0.717) is 25.7 Å². The van der Waals surface area contributed by atoms with Crippen LogP contribution in [-0.4, -0.2) is 41.8 Å². The molecule has 0 aliphatic carbocycles. The molecule has 0 saturated carbocycles. The summed E-state index contributed by atoms with van der Waals surface area (Å²) >= 11 is 0. The van der Waals surface area contributed by atoms with Crippen molar-refractivity contribution in [3.63, 3.8) is 0 Å². The lowest BCUT2D eigenvalue weighted by Gasteiger charge is -2.26. The summed E-state index contributed by atoms with van der Waals surface area (Å²) in [6.45, 7) is 3.89. The van der Waals surface area contributed by atoms with Gasteiger partial charge in [0.2, 0.25) is 0 Å². The van der Waals surface area contributed by atoms with Gasteiger partial charge in [-0.3, -0.25) is 0 Å². The highest BCUT2D eigenvalue weighted by molar-refractivity contribution is 5.66. The third kappa shape index (κ3) is 2.32. The van der Waals surface area contributed by atoms with Gasteiger partial charge in [0.05, 0.1) is 11.7 Å². The van der Waals surface area contributed by atoms with Crippen LogP contribution in [0, 0.1) is 0 Å². The van der Waals surface area contributed by atoms with E-state index < -0.39 is 6.09 Å². The fraction of sp³-hybridized carbons (Fsp3) is 0.500. The van der Waals surface area contributed by atoms with E-state index in [1.165, 1.54) is 16.0 Å². The number of fused-ring (bicyclic) bond motifs is 2. The third-order valence-corrected chi connectivity index (χ3v) is 3.77. The van der Waals surface area contributed by atoms with E-state index >= 15 is 0 Å². The van der Waals surface area contributed by atoms with E-state index in [-0.39, 0.29) is 0 Å². The van der Waals surface area contributed by atoms with Gasteiger partial charge < -0.3 is 20.1 Å². The molecule has 2 aliphatic heterocycles. The largest absolute Gasteiger partial charge is 0.489 e. The molecule has 0 aromatic heterocycles. The van der Waals surface area contributed by atoms with E-state index in [2.05, 4.69) is 24.4 Å². The van der Waals surface area contributed by atoms with Gasteiger partial charge >= 0.3 is 6.09 Å². The Labute approximate surface area is 112 Å². The molecular weight excluding hydrogens is 244 g/mol. The van der Waals surface area contributed by atoms with Gasteiger partial charge in [0.15, 0.2) is 0 Å². The first-order valence-corrected chi connectivity index (χ1v) is 6.66. The van der Waals surface area contributed by atoms with Crippen molar-refractivity contribution in [1.29, 1.82) is 0 Å². The first-order valence-electron chi connectivity index (χ1n) is 6.66. The normalized spacial score (nSPS) is 21.5. The Morgan fingerprint density at radius 1 is 1.37 bits per heavy atom. The highest BCUT2D eigenvalue weighted by Gasteiger charge is 2.22. The molecule has 1 amide bonds.